The third-order valence-corrected chi connectivity index (χ3v) is 3.42. The smallest absolute Gasteiger partial charge is 0.238 e. The molecule has 0 unspecified atom stereocenters. The van der Waals surface area contributed by atoms with E-state index in [-0.39, 0.29) is 33.0 Å². The molecule has 0 bridgehead atoms. The highest BCUT2D eigenvalue weighted by molar-refractivity contribution is 7.89. The standard InChI is InChI=1S/C9H10Cl2N2O3S/c1-2-8(14)13-9-6(10)3-5(4-7(9)11)17(12,15)16/h3-4H,2H2,1H3,(H,13,14)(H2,12,15,16). The molecule has 94 valence electrons. The second-order valence-electron chi connectivity index (χ2n) is 3.21. The largest absolute Gasteiger partial charge is 0.324 e. The molecule has 5 nitrogen and oxygen atoms in total. The van der Waals surface area contributed by atoms with E-state index in [1.165, 1.54) is 0 Å². The van der Waals surface area contributed by atoms with E-state index in [9.17, 15) is 13.2 Å². The van der Waals surface area contributed by atoms with Gasteiger partial charge in [0.2, 0.25) is 15.9 Å². The molecule has 0 aliphatic heterocycles. The number of sulfonamides is 1. The molecule has 0 spiro atoms. The maximum atomic E-state index is 11.2. The maximum absolute atomic E-state index is 11.2. The highest BCUT2D eigenvalue weighted by Crippen LogP contribution is 2.33. The van der Waals surface area contributed by atoms with Crippen LogP contribution in [0.1, 0.15) is 13.3 Å². The van der Waals surface area contributed by atoms with Crippen LogP contribution < -0.4 is 10.5 Å². The summed E-state index contributed by atoms with van der Waals surface area (Å²) in [5.41, 5.74) is 0.174. The Morgan fingerprint density at radius 3 is 2.18 bits per heavy atom. The van der Waals surface area contributed by atoms with Crippen LogP contribution in [0.5, 0.6) is 0 Å². The molecule has 0 fully saturated rings. The number of hydrogen-bond donors (Lipinski definition) is 2. The van der Waals surface area contributed by atoms with Crippen LogP contribution in [0.15, 0.2) is 17.0 Å². The molecule has 1 rings (SSSR count). The Labute approximate surface area is 109 Å². The summed E-state index contributed by atoms with van der Waals surface area (Å²) in [5.74, 6) is -0.280. The first kappa shape index (κ1) is 14.2. The number of nitrogens with one attached hydrogen (secondary N) is 1. The van der Waals surface area contributed by atoms with Crippen molar-refractivity contribution in [3.05, 3.63) is 22.2 Å². The van der Waals surface area contributed by atoms with Gasteiger partial charge in [0, 0.05) is 6.42 Å². The quantitative estimate of drug-likeness (QED) is 0.894. The fraction of sp³-hybridized carbons (Fsp3) is 0.222. The molecule has 0 saturated heterocycles. The minimum absolute atomic E-state index is 0.0170. The Morgan fingerprint density at radius 1 is 1.35 bits per heavy atom. The maximum Gasteiger partial charge on any atom is 0.238 e. The van der Waals surface area contributed by atoms with E-state index in [2.05, 4.69) is 5.32 Å². The van der Waals surface area contributed by atoms with Gasteiger partial charge in [0.25, 0.3) is 0 Å². The van der Waals surface area contributed by atoms with Crippen LogP contribution in [0.3, 0.4) is 0 Å². The SMILES string of the molecule is CCC(=O)Nc1c(Cl)cc(S(N)(=O)=O)cc1Cl. The summed E-state index contributed by atoms with van der Waals surface area (Å²) >= 11 is 11.6. The molecule has 1 amide bonds. The van der Waals surface area contributed by atoms with Gasteiger partial charge < -0.3 is 5.32 Å². The number of rotatable bonds is 3. The van der Waals surface area contributed by atoms with Crippen LogP contribution in [-0.2, 0) is 14.8 Å². The monoisotopic (exact) mass is 296 g/mol. The predicted molar refractivity (Wildman–Crippen MR) is 66.8 cm³/mol. The van der Waals surface area contributed by atoms with Crippen molar-refractivity contribution in [1.29, 1.82) is 0 Å². The molecule has 1 aromatic rings. The van der Waals surface area contributed by atoms with Gasteiger partial charge in [-0.25, -0.2) is 13.6 Å². The fourth-order valence-corrected chi connectivity index (χ4v) is 2.34. The molecular weight excluding hydrogens is 287 g/mol. The third kappa shape index (κ3) is 3.57. The molecule has 0 heterocycles. The van der Waals surface area contributed by atoms with Gasteiger partial charge in [0.1, 0.15) is 0 Å². The van der Waals surface area contributed by atoms with Crippen molar-refractivity contribution in [3.8, 4) is 0 Å². The average molecular weight is 297 g/mol. The second kappa shape index (κ2) is 5.22. The summed E-state index contributed by atoms with van der Waals surface area (Å²) in [4.78, 5) is 11.0. The lowest BCUT2D eigenvalue weighted by Crippen LogP contribution is -2.14. The molecule has 1 aromatic carbocycles. The molecule has 8 heteroatoms. The number of hydrogen-bond acceptors (Lipinski definition) is 3. The zero-order valence-electron chi connectivity index (χ0n) is 8.83. The van der Waals surface area contributed by atoms with E-state index >= 15 is 0 Å². The first-order valence-corrected chi connectivity index (χ1v) is 6.87. The molecule has 0 aliphatic carbocycles. The minimum atomic E-state index is -3.88. The Hall–Kier alpha value is -0.820. The summed E-state index contributed by atoms with van der Waals surface area (Å²) in [6, 6.07) is 2.27. The molecule has 0 aliphatic rings. The fourth-order valence-electron chi connectivity index (χ4n) is 1.06. The Kier molecular flexibility index (Phi) is 4.37. The highest BCUT2D eigenvalue weighted by Gasteiger charge is 2.15. The van der Waals surface area contributed by atoms with Crippen LogP contribution in [0, 0.1) is 0 Å². The number of carbonyl (C=O) groups excluding carboxylic acids is 1. The summed E-state index contributed by atoms with van der Waals surface area (Å²) in [7, 11) is -3.88. The topological polar surface area (TPSA) is 89.3 Å². The second-order valence-corrected chi connectivity index (χ2v) is 5.58. The summed E-state index contributed by atoms with van der Waals surface area (Å²) in [6.45, 7) is 1.66. The van der Waals surface area contributed by atoms with Crippen molar-refractivity contribution in [3.63, 3.8) is 0 Å². The highest BCUT2D eigenvalue weighted by atomic mass is 35.5. The van der Waals surface area contributed by atoms with Crippen LogP contribution in [-0.4, -0.2) is 14.3 Å². The van der Waals surface area contributed by atoms with Crippen LogP contribution in [0.25, 0.3) is 0 Å². The summed E-state index contributed by atoms with van der Waals surface area (Å²) in [6.07, 6.45) is 0.254. The van der Waals surface area contributed by atoms with E-state index in [0.717, 1.165) is 12.1 Å². The molecule has 17 heavy (non-hydrogen) atoms. The van der Waals surface area contributed by atoms with Crippen molar-refractivity contribution < 1.29 is 13.2 Å². The van der Waals surface area contributed by atoms with Gasteiger partial charge in [-0.15, -0.1) is 0 Å². The molecule has 0 aromatic heterocycles. The summed E-state index contributed by atoms with van der Waals surface area (Å²) in [5, 5.41) is 7.44. The van der Waals surface area contributed by atoms with E-state index in [0.29, 0.717) is 0 Å². The van der Waals surface area contributed by atoms with E-state index in [1.54, 1.807) is 6.92 Å². The Morgan fingerprint density at radius 2 is 1.82 bits per heavy atom. The minimum Gasteiger partial charge on any atom is -0.324 e. The van der Waals surface area contributed by atoms with Gasteiger partial charge >= 0.3 is 0 Å². The van der Waals surface area contributed by atoms with Crippen molar-refractivity contribution >= 4 is 44.8 Å². The zero-order chi connectivity index (χ0) is 13.2. The van der Waals surface area contributed by atoms with Crippen molar-refractivity contribution in [2.75, 3.05) is 5.32 Å². The average Bonchev–Trinajstić information content (AvgIpc) is 2.21. The normalized spacial score (nSPS) is 11.3. The van der Waals surface area contributed by atoms with E-state index in [4.69, 9.17) is 28.3 Å². The molecule has 3 N–H and O–H groups in total. The first-order chi connectivity index (χ1) is 7.75. The van der Waals surface area contributed by atoms with Gasteiger partial charge in [-0.2, -0.15) is 0 Å². The van der Waals surface area contributed by atoms with Crippen molar-refractivity contribution in [2.24, 2.45) is 5.14 Å². The Balaban J connectivity index is 3.25. The van der Waals surface area contributed by atoms with Gasteiger partial charge in [-0.1, -0.05) is 30.1 Å². The lowest BCUT2D eigenvalue weighted by Gasteiger charge is -2.10. The van der Waals surface area contributed by atoms with Gasteiger partial charge in [-0.05, 0) is 12.1 Å². The lowest BCUT2D eigenvalue weighted by molar-refractivity contribution is -0.115. The number of nitrogens with two attached hydrogens (primary N) is 1. The number of benzene rings is 1. The number of anilines is 1. The molecule has 0 saturated carbocycles. The van der Waals surface area contributed by atoms with Crippen molar-refractivity contribution in [1.82, 2.24) is 0 Å². The van der Waals surface area contributed by atoms with Gasteiger partial charge in [-0.3, -0.25) is 4.79 Å². The van der Waals surface area contributed by atoms with E-state index in [1.807, 2.05) is 0 Å². The van der Waals surface area contributed by atoms with Gasteiger partial charge in [0.15, 0.2) is 0 Å². The number of carbonyl (C=O) groups is 1. The van der Waals surface area contributed by atoms with Crippen molar-refractivity contribution in [2.45, 2.75) is 18.2 Å². The molecule has 0 radical (unpaired) electrons. The van der Waals surface area contributed by atoms with Gasteiger partial charge in [0.05, 0.1) is 20.6 Å². The van der Waals surface area contributed by atoms with Crippen LogP contribution in [0.2, 0.25) is 10.0 Å². The number of primary sulfonamides is 1. The van der Waals surface area contributed by atoms with Crippen LogP contribution in [0.4, 0.5) is 5.69 Å². The first-order valence-electron chi connectivity index (χ1n) is 4.57. The Bertz CT molecular complexity index is 534. The molecular formula is C9H10Cl2N2O3S. The molecule has 0 atom stereocenters. The van der Waals surface area contributed by atoms with E-state index < -0.39 is 10.0 Å². The lowest BCUT2D eigenvalue weighted by atomic mass is 10.3. The third-order valence-electron chi connectivity index (χ3n) is 1.93. The van der Waals surface area contributed by atoms with Crippen LogP contribution >= 0.6 is 23.2 Å². The zero-order valence-corrected chi connectivity index (χ0v) is 11.2. The number of halogens is 2. The predicted octanol–water partition coefficient (Wildman–Crippen LogP) is 1.99. The summed E-state index contributed by atoms with van der Waals surface area (Å²) < 4.78 is 22.2. The number of amides is 1.